The molecule has 1 aliphatic rings. The first-order valence-corrected chi connectivity index (χ1v) is 8.96. The van der Waals surface area contributed by atoms with Crippen molar-refractivity contribution in [2.24, 2.45) is 0 Å². The Labute approximate surface area is 129 Å². The van der Waals surface area contributed by atoms with Crippen molar-refractivity contribution < 1.29 is 8.42 Å². The predicted molar refractivity (Wildman–Crippen MR) is 82.8 cm³/mol. The second-order valence-electron chi connectivity index (χ2n) is 5.08. The second-order valence-corrected chi connectivity index (χ2v) is 7.72. The monoisotopic (exact) mass is 336 g/mol. The van der Waals surface area contributed by atoms with Gasteiger partial charge in [-0.3, -0.25) is 0 Å². The molecule has 0 aliphatic carbocycles. The lowest BCUT2D eigenvalue weighted by molar-refractivity contribution is 0.551. The van der Waals surface area contributed by atoms with Crippen LogP contribution in [-0.4, -0.2) is 26.8 Å². The zero-order chi connectivity index (χ0) is 14.8. The second kappa shape index (κ2) is 6.62. The van der Waals surface area contributed by atoms with Gasteiger partial charge in [-0.05, 0) is 44.0 Å². The molecular weight excluding hydrogens is 319 g/mol. The number of hydrogen-bond acceptors (Lipinski definition) is 3. The molecule has 2 rings (SSSR count). The number of benzene rings is 1. The first kappa shape index (κ1) is 16.0. The van der Waals surface area contributed by atoms with Crippen molar-refractivity contribution in [1.82, 2.24) is 10.0 Å². The zero-order valence-corrected chi connectivity index (χ0v) is 13.5. The van der Waals surface area contributed by atoms with Gasteiger partial charge in [-0.25, -0.2) is 13.1 Å². The van der Waals surface area contributed by atoms with Crippen LogP contribution in [0.4, 0.5) is 0 Å². The van der Waals surface area contributed by atoms with E-state index < -0.39 is 10.0 Å². The smallest absolute Gasteiger partial charge is 0.213 e. The molecule has 1 aromatic rings. The summed E-state index contributed by atoms with van der Waals surface area (Å²) in [7, 11) is -3.34. The Balaban J connectivity index is 2.04. The third-order valence-corrected chi connectivity index (χ3v) is 5.48. The largest absolute Gasteiger partial charge is 0.313 e. The predicted octanol–water partition coefficient (Wildman–Crippen LogP) is 2.73. The van der Waals surface area contributed by atoms with Crippen molar-refractivity contribution in [2.75, 3.05) is 12.3 Å². The molecule has 0 amide bonds. The van der Waals surface area contributed by atoms with Gasteiger partial charge in [-0.15, -0.1) is 0 Å². The molecule has 1 aromatic carbocycles. The van der Waals surface area contributed by atoms with Crippen LogP contribution in [-0.2, 0) is 10.0 Å². The molecule has 4 nitrogen and oxygen atoms in total. The molecule has 1 fully saturated rings. The van der Waals surface area contributed by atoms with Crippen LogP contribution in [0.25, 0.3) is 0 Å². The Hall–Kier alpha value is -0.330. The minimum Gasteiger partial charge on any atom is -0.313 e. The number of nitrogens with one attached hydrogen (secondary N) is 2. The van der Waals surface area contributed by atoms with Crippen molar-refractivity contribution >= 4 is 33.2 Å². The average Bonchev–Trinajstić information content (AvgIpc) is 2.79. The van der Waals surface area contributed by atoms with Gasteiger partial charge >= 0.3 is 0 Å². The highest BCUT2D eigenvalue weighted by Crippen LogP contribution is 2.26. The maximum absolute atomic E-state index is 12.1. The Morgan fingerprint density at radius 3 is 2.80 bits per heavy atom. The Kier molecular flexibility index (Phi) is 5.31. The normalized spacial score (nSPS) is 21.1. The third kappa shape index (κ3) is 4.33. The molecule has 7 heteroatoms. The standard InChI is InChI=1S/C13H18Cl2N2O2S/c1-9(12-5-4-10(14)7-13(12)15)17-20(18,19)8-11-3-2-6-16-11/h4-5,7,9,11,16-17H,2-3,6,8H2,1H3. The lowest BCUT2D eigenvalue weighted by Gasteiger charge is -2.18. The quantitative estimate of drug-likeness (QED) is 0.869. The van der Waals surface area contributed by atoms with E-state index in [9.17, 15) is 8.42 Å². The molecule has 20 heavy (non-hydrogen) atoms. The van der Waals surface area contributed by atoms with Gasteiger partial charge in [0.2, 0.25) is 10.0 Å². The summed E-state index contributed by atoms with van der Waals surface area (Å²) in [4.78, 5) is 0. The highest BCUT2D eigenvalue weighted by atomic mass is 35.5. The lowest BCUT2D eigenvalue weighted by atomic mass is 10.1. The van der Waals surface area contributed by atoms with Gasteiger partial charge in [0.05, 0.1) is 5.75 Å². The summed E-state index contributed by atoms with van der Waals surface area (Å²) in [6, 6.07) is 4.71. The molecule has 0 bridgehead atoms. The van der Waals surface area contributed by atoms with E-state index in [-0.39, 0.29) is 17.8 Å². The molecule has 2 N–H and O–H groups in total. The number of sulfonamides is 1. The number of hydrogen-bond donors (Lipinski definition) is 2. The van der Waals surface area contributed by atoms with E-state index in [4.69, 9.17) is 23.2 Å². The molecular formula is C13H18Cl2N2O2S. The van der Waals surface area contributed by atoms with Crippen LogP contribution < -0.4 is 10.0 Å². The minimum absolute atomic E-state index is 0.0420. The summed E-state index contributed by atoms with van der Waals surface area (Å²) in [6.45, 7) is 2.66. The first-order chi connectivity index (χ1) is 9.37. The van der Waals surface area contributed by atoms with Gasteiger partial charge in [0.25, 0.3) is 0 Å². The maximum Gasteiger partial charge on any atom is 0.213 e. The molecule has 0 aromatic heterocycles. The Morgan fingerprint density at radius 1 is 1.45 bits per heavy atom. The van der Waals surface area contributed by atoms with Gasteiger partial charge in [-0.1, -0.05) is 29.3 Å². The van der Waals surface area contributed by atoms with E-state index in [1.807, 2.05) is 0 Å². The summed E-state index contributed by atoms with van der Waals surface area (Å²) in [5.74, 6) is 0.0998. The fourth-order valence-corrected chi connectivity index (χ4v) is 4.55. The van der Waals surface area contributed by atoms with Crippen LogP contribution in [0.3, 0.4) is 0 Å². The molecule has 0 spiro atoms. The molecule has 1 heterocycles. The van der Waals surface area contributed by atoms with Crippen molar-refractivity contribution in [3.8, 4) is 0 Å². The maximum atomic E-state index is 12.1. The third-order valence-electron chi connectivity index (χ3n) is 3.37. The van der Waals surface area contributed by atoms with Crippen LogP contribution in [0.15, 0.2) is 18.2 Å². The van der Waals surface area contributed by atoms with Crippen LogP contribution >= 0.6 is 23.2 Å². The van der Waals surface area contributed by atoms with Gasteiger partial charge in [0.15, 0.2) is 0 Å². The minimum atomic E-state index is -3.34. The molecule has 1 saturated heterocycles. The highest BCUT2D eigenvalue weighted by Gasteiger charge is 2.24. The summed E-state index contributed by atoms with van der Waals surface area (Å²) in [5.41, 5.74) is 0.721. The van der Waals surface area contributed by atoms with Gasteiger partial charge in [0.1, 0.15) is 0 Å². The van der Waals surface area contributed by atoms with E-state index in [0.29, 0.717) is 10.0 Å². The molecule has 112 valence electrons. The van der Waals surface area contributed by atoms with Crippen molar-refractivity contribution in [3.05, 3.63) is 33.8 Å². The van der Waals surface area contributed by atoms with E-state index in [1.54, 1.807) is 25.1 Å². The fourth-order valence-electron chi connectivity index (χ4n) is 2.40. The molecule has 0 saturated carbocycles. The van der Waals surface area contributed by atoms with Gasteiger partial charge < -0.3 is 5.32 Å². The van der Waals surface area contributed by atoms with Crippen LogP contribution in [0.1, 0.15) is 31.4 Å². The van der Waals surface area contributed by atoms with E-state index in [2.05, 4.69) is 10.0 Å². The summed E-state index contributed by atoms with van der Waals surface area (Å²) >= 11 is 11.9. The highest BCUT2D eigenvalue weighted by molar-refractivity contribution is 7.89. The average molecular weight is 337 g/mol. The Bertz CT molecular complexity index is 572. The number of rotatable bonds is 5. The summed E-state index contributed by atoms with van der Waals surface area (Å²) < 4.78 is 26.9. The fraction of sp³-hybridized carbons (Fsp3) is 0.538. The molecule has 2 unspecified atom stereocenters. The van der Waals surface area contributed by atoms with E-state index in [0.717, 1.165) is 24.9 Å². The topological polar surface area (TPSA) is 58.2 Å². The summed E-state index contributed by atoms with van der Waals surface area (Å²) in [6.07, 6.45) is 1.93. The zero-order valence-electron chi connectivity index (χ0n) is 11.2. The Morgan fingerprint density at radius 2 is 2.20 bits per heavy atom. The van der Waals surface area contributed by atoms with E-state index >= 15 is 0 Å². The van der Waals surface area contributed by atoms with E-state index in [1.165, 1.54) is 0 Å². The van der Waals surface area contributed by atoms with Crippen molar-refractivity contribution in [3.63, 3.8) is 0 Å². The van der Waals surface area contributed by atoms with Crippen molar-refractivity contribution in [1.29, 1.82) is 0 Å². The molecule has 2 atom stereocenters. The first-order valence-electron chi connectivity index (χ1n) is 6.56. The van der Waals surface area contributed by atoms with Crippen molar-refractivity contribution in [2.45, 2.75) is 31.8 Å². The van der Waals surface area contributed by atoms with Gasteiger partial charge in [0, 0.05) is 22.1 Å². The molecule has 1 aliphatic heterocycles. The number of halogens is 2. The van der Waals surface area contributed by atoms with Crippen LogP contribution in [0, 0.1) is 0 Å². The molecule has 0 radical (unpaired) electrons. The lowest BCUT2D eigenvalue weighted by Crippen LogP contribution is -2.37. The van der Waals surface area contributed by atoms with Crippen LogP contribution in [0.2, 0.25) is 10.0 Å². The summed E-state index contributed by atoms with van der Waals surface area (Å²) in [5, 5.41) is 4.18. The van der Waals surface area contributed by atoms with Gasteiger partial charge in [-0.2, -0.15) is 0 Å². The van der Waals surface area contributed by atoms with Crippen LogP contribution in [0.5, 0.6) is 0 Å². The SMILES string of the molecule is CC(NS(=O)(=O)CC1CCCN1)c1ccc(Cl)cc1Cl.